The molecular formula is C13H14F3NO. The van der Waals surface area contributed by atoms with Gasteiger partial charge in [-0.15, -0.1) is 0 Å². The summed E-state index contributed by atoms with van der Waals surface area (Å²) in [4.78, 5) is 10.4. The third-order valence-electron chi connectivity index (χ3n) is 2.40. The van der Waals surface area contributed by atoms with E-state index in [1.165, 1.54) is 18.2 Å². The van der Waals surface area contributed by atoms with Crippen LogP contribution in [0.25, 0.3) is 0 Å². The maximum atomic E-state index is 12.3. The Labute approximate surface area is 103 Å². The number of nitrogens with two attached hydrogens (primary N) is 1. The Morgan fingerprint density at radius 3 is 2.33 bits per heavy atom. The molecule has 0 spiro atoms. The molecule has 0 radical (unpaired) electrons. The number of aryl methyl sites for hydroxylation is 1. The molecule has 0 atom stereocenters. The minimum atomic E-state index is -4.29. The van der Waals surface area contributed by atoms with Gasteiger partial charge in [-0.05, 0) is 43.0 Å². The summed E-state index contributed by atoms with van der Waals surface area (Å²) in [5.41, 5.74) is 5.11. The normalized spacial score (nSPS) is 11.9. The van der Waals surface area contributed by atoms with E-state index >= 15 is 0 Å². The average Bonchev–Trinajstić information content (AvgIpc) is 2.27. The minimum Gasteiger partial charge on any atom is -0.366 e. The average molecular weight is 257 g/mol. The Morgan fingerprint density at radius 1 is 1.22 bits per heavy atom. The van der Waals surface area contributed by atoms with Gasteiger partial charge < -0.3 is 5.73 Å². The minimum absolute atomic E-state index is 0.496. The molecule has 1 aromatic rings. The molecule has 1 rings (SSSR count). The molecule has 0 heterocycles. The van der Waals surface area contributed by atoms with Crippen molar-refractivity contribution < 1.29 is 18.0 Å². The van der Waals surface area contributed by atoms with E-state index in [2.05, 4.69) is 0 Å². The van der Waals surface area contributed by atoms with Gasteiger partial charge in [0.2, 0.25) is 5.91 Å². The van der Waals surface area contributed by atoms with E-state index in [1.54, 1.807) is 6.08 Å². The second-order valence-corrected chi connectivity index (χ2v) is 3.89. The summed E-state index contributed by atoms with van der Waals surface area (Å²) < 4.78 is 36.9. The number of benzene rings is 1. The van der Waals surface area contributed by atoms with Crippen molar-refractivity contribution >= 4 is 5.91 Å². The second-order valence-electron chi connectivity index (χ2n) is 3.89. The van der Waals surface area contributed by atoms with Crippen LogP contribution in [0.3, 0.4) is 0 Å². The summed E-state index contributed by atoms with van der Waals surface area (Å²) in [7, 11) is 0. The van der Waals surface area contributed by atoms with Crippen LogP contribution in [0.5, 0.6) is 0 Å². The molecular weight excluding hydrogens is 243 g/mol. The van der Waals surface area contributed by atoms with Crippen LogP contribution < -0.4 is 5.73 Å². The molecule has 2 nitrogen and oxygen atoms in total. The van der Waals surface area contributed by atoms with E-state index in [-0.39, 0.29) is 0 Å². The van der Waals surface area contributed by atoms with Gasteiger partial charge in [0.05, 0.1) is 5.56 Å². The fraction of sp³-hybridized carbons (Fsp3) is 0.308. The highest BCUT2D eigenvalue weighted by atomic mass is 19.4. The quantitative estimate of drug-likeness (QED) is 0.639. The molecule has 0 aliphatic heterocycles. The van der Waals surface area contributed by atoms with Gasteiger partial charge in [-0.25, -0.2) is 0 Å². The number of alkyl halides is 3. The maximum absolute atomic E-state index is 12.3. The first-order chi connectivity index (χ1) is 8.39. The van der Waals surface area contributed by atoms with E-state index in [9.17, 15) is 18.0 Å². The van der Waals surface area contributed by atoms with E-state index in [0.29, 0.717) is 12.8 Å². The zero-order valence-electron chi connectivity index (χ0n) is 9.70. The lowest BCUT2D eigenvalue weighted by atomic mass is 10.1. The molecule has 0 saturated carbocycles. The van der Waals surface area contributed by atoms with Crippen molar-refractivity contribution in [2.24, 2.45) is 5.73 Å². The molecule has 1 amide bonds. The molecule has 98 valence electrons. The Hall–Kier alpha value is -1.78. The first-order valence-electron chi connectivity index (χ1n) is 5.51. The van der Waals surface area contributed by atoms with Crippen LogP contribution in [0.4, 0.5) is 13.2 Å². The van der Waals surface area contributed by atoms with E-state index in [1.807, 2.05) is 0 Å². The number of rotatable bonds is 5. The molecule has 2 N–H and O–H groups in total. The van der Waals surface area contributed by atoms with Crippen molar-refractivity contribution in [3.05, 3.63) is 47.5 Å². The number of allylic oxidation sites excluding steroid dienone is 1. The Kier molecular flexibility index (Phi) is 4.95. The Bertz CT molecular complexity index is 421. The highest BCUT2D eigenvalue weighted by Gasteiger charge is 2.29. The lowest BCUT2D eigenvalue weighted by Gasteiger charge is -2.07. The Morgan fingerprint density at radius 2 is 1.83 bits per heavy atom. The van der Waals surface area contributed by atoms with Gasteiger partial charge >= 0.3 is 6.18 Å². The van der Waals surface area contributed by atoms with Gasteiger partial charge in [0, 0.05) is 0 Å². The highest BCUT2D eigenvalue weighted by molar-refractivity contribution is 5.85. The zero-order chi connectivity index (χ0) is 13.6. The molecule has 0 unspecified atom stereocenters. The lowest BCUT2D eigenvalue weighted by Crippen LogP contribution is -2.05. The molecule has 0 aliphatic rings. The summed E-state index contributed by atoms with van der Waals surface area (Å²) in [5, 5.41) is 0. The second kappa shape index (κ2) is 6.23. The smallest absolute Gasteiger partial charge is 0.366 e. The van der Waals surface area contributed by atoms with Gasteiger partial charge in [-0.1, -0.05) is 18.2 Å². The lowest BCUT2D eigenvalue weighted by molar-refractivity contribution is -0.137. The summed E-state index contributed by atoms with van der Waals surface area (Å²) in [6.45, 7) is 0. The molecule has 0 saturated heterocycles. The number of unbranched alkanes of at least 4 members (excludes halogenated alkanes) is 1. The zero-order valence-corrected chi connectivity index (χ0v) is 9.70. The van der Waals surface area contributed by atoms with Crippen molar-refractivity contribution in [3.8, 4) is 0 Å². The van der Waals surface area contributed by atoms with Crippen LogP contribution in [-0.4, -0.2) is 5.91 Å². The number of hydrogen-bond acceptors (Lipinski definition) is 1. The van der Waals surface area contributed by atoms with Crippen LogP contribution in [0, 0.1) is 0 Å². The largest absolute Gasteiger partial charge is 0.416 e. The van der Waals surface area contributed by atoms with E-state index < -0.39 is 17.6 Å². The first kappa shape index (κ1) is 14.3. The van der Waals surface area contributed by atoms with Gasteiger partial charge in [-0.2, -0.15) is 13.2 Å². The monoisotopic (exact) mass is 257 g/mol. The number of carbonyl (C=O) groups is 1. The highest BCUT2D eigenvalue weighted by Crippen LogP contribution is 2.29. The molecule has 5 heteroatoms. The number of carbonyl (C=O) groups excluding carboxylic acids is 1. The van der Waals surface area contributed by atoms with Crippen molar-refractivity contribution in [1.29, 1.82) is 0 Å². The molecule has 1 aromatic carbocycles. The summed E-state index contributed by atoms with van der Waals surface area (Å²) in [6.07, 6.45) is 0.752. The molecule has 0 fully saturated rings. The van der Waals surface area contributed by atoms with Crippen LogP contribution in [0.15, 0.2) is 36.4 Å². The summed E-state index contributed by atoms with van der Waals surface area (Å²) in [5.74, 6) is -0.496. The fourth-order valence-corrected chi connectivity index (χ4v) is 1.48. The van der Waals surface area contributed by atoms with Crippen LogP contribution in [0.1, 0.15) is 24.0 Å². The number of amides is 1. The fourth-order valence-electron chi connectivity index (χ4n) is 1.48. The van der Waals surface area contributed by atoms with E-state index in [0.717, 1.165) is 24.1 Å². The maximum Gasteiger partial charge on any atom is 0.416 e. The molecule has 18 heavy (non-hydrogen) atoms. The van der Waals surface area contributed by atoms with Crippen molar-refractivity contribution in [2.45, 2.75) is 25.4 Å². The van der Waals surface area contributed by atoms with Gasteiger partial charge in [-0.3, -0.25) is 4.79 Å². The number of halogens is 3. The van der Waals surface area contributed by atoms with Gasteiger partial charge in [0.1, 0.15) is 0 Å². The summed E-state index contributed by atoms with van der Waals surface area (Å²) in [6, 6.07) is 5.10. The van der Waals surface area contributed by atoms with E-state index in [4.69, 9.17) is 5.73 Å². The standard InChI is InChI=1S/C13H14F3NO/c14-13(15,16)11-8-6-10(7-9-11)4-2-1-3-5-12(17)18/h3,5-9H,1-2,4H2,(H2,17,18). The SMILES string of the molecule is NC(=O)C=CCCCc1ccc(C(F)(F)F)cc1. The van der Waals surface area contributed by atoms with Crippen LogP contribution in [-0.2, 0) is 17.4 Å². The van der Waals surface area contributed by atoms with Crippen LogP contribution >= 0.6 is 0 Å². The topological polar surface area (TPSA) is 43.1 Å². The van der Waals surface area contributed by atoms with Crippen molar-refractivity contribution in [1.82, 2.24) is 0 Å². The number of primary amides is 1. The Balaban J connectivity index is 2.43. The predicted octanol–water partition coefficient (Wildman–Crippen LogP) is 3.07. The third-order valence-corrected chi connectivity index (χ3v) is 2.40. The molecule has 0 aliphatic carbocycles. The third kappa shape index (κ3) is 5.03. The van der Waals surface area contributed by atoms with Crippen molar-refractivity contribution in [2.75, 3.05) is 0 Å². The first-order valence-corrected chi connectivity index (χ1v) is 5.51. The number of hydrogen-bond donors (Lipinski definition) is 1. The molecule has 0 bridgehead atoms. The predicted molar refractivity (Wildman–Crippen MR) is 62.7 cm³/mol. The van der Waals surface area contributed by atoms with Gasteiger partial charge in [0.25, 0.3) is 0 Å². The molecule has 0 aromatic heterocycles. The van der Waals surface area contributed by atoms with Gasteiger partial charge in [0.15, 0.2) is 0 Å². The van der Waals surface area contributed by atoms with Crippen molar-refractivity contribution in [3.63, 3.8) is 0 Å². The van der Waals surface area contributed by atoms with Crippen LogP contribution in [0.2, 0.25) is 0 Å². The summed E-state index contributed by atoms with van der Waals surface area (Å²) >= 11 is 0.